The molecule has 0 aliphatic rings. The second-order valence-corrected chi connectivity index (χ2v) is 7.57. The summed E-state index contributed by atoms with van der Waals surface area (Å²) in [7, 11) is 0. The minimum atomic E-state index is 0.341. The number of para-hydroxylation sites is 2. The second-order valence-electron chi connectivity index (χ2n) is 6.76. The molecule has 0 unspecified atom stereocenters. The molecule has 4 rings (SSSR count). The summed E-state index contributed by atoms with van der Waals surface area (Å²) in [5, 5.41) is 4.68. The first-order chi connectivity index (χ1) is 14.2. The van der Waals surface area contributed by atoms with E-state index in [0.717, 1.165) is 47.7 Å². The van der Waals surface area contributed by atoms with Crippen LogP contribution in [0.15, 0.2) is 66.7 Å². The normalized spacial score (nSPS) is 11.1. The van der Waals surface area contributed by atoms with E-state index >= 15 is 0 Å². The number of aromatic amines is 1. The average Bonchev–Trinajstić information content (AvgIpc) is 3.15. The van der Waals surface area contributed by atoms with E-state index in [4.69, 9.17) is 27.9 Å². The first-order valence-electron chi connectivity index (χ1n) is 9.48. The van der Waals surface area contributed by atoms with Crippen LogP contribution in [-0.4, -0.2) is 16.5 Å². The Balaban J connectivity index is 1.24. The Hall–Kier alpha value is -2.53. The van der Waals surface area contributed by atoms with Crippen LogP contribution in [0, 0.1) is 0 Å². The predicted octanol–water partition coefficient (Wildman–Crippen LogP) is 5.78. The lowest BCUT2D eigenvalue weighted by atomic mass is 10.2. The highest BCUT2D eigenvalue weighted by atomic mass is 35.5. The van der Waals surface area contributed by atoms with Crippen molar-refractivity contribution in [3.05, 3.63) is 93.7 Å². The van der Waals surface area contributed by atoms with E-state index in [1.54, 1.807) is 0 Å². The van der Waals surface area contributed by atoms with Gasteiger partial charge in [0, 0.05) is 35.1 Å². The Morgan fingerprint density at radius 1 is 0.897 bits per heavy atom. The number of benzene rings is 3. The third-order valence-corrected chi connectivity index (χ3v) is 5.38. The van der Waals surface area contributed by atoms with E-state index in [0.29, 0.717) is 16.7 Å². The van der Waals surface area contributed by atoms with Crippen LogP contribution in [0.5, 0.6) is 5.75 Å². The van der Waals surface area contributed by atoms with Crippen molar-refractivity contribution in [1.29, 1.82) is 0 Å². The summed E-state index contributed by atoms with van der Waals surface area (Å²) in [5.74, 6) is 1.78. The predicted molar refractivity (Wildman–Crippen MR) is 119 cm³/mol. The van der Waals surface area contributed by atoms with Crippen LogP contribution in [0.2, 0.25) is 10.0 Å². The zero-order valence-corrected chi connectivity index (χ0v) is 17.3. The third-order valence-electron chi connectivity index (χ3n) is 4.67. The highest BCUT2D eigenvalue weighted by Gasteiger charge is 2.06. The molecule has 29 heavy (non-hydrogen) atoms. The fourth-order valence-corrected chi connectivity index (χ4v) is 3.60. The maximum absolute atomic E-state index is 6.18. The van der Waals surface area contributed by atoms with Crippen molar-refractivity contribution < 1.29 is 4.74 Å². The highest BCUT2D eigenvalue weighted by molar-refractivity contribution is 6.35. The molecule has 0 saturated heterocycles. The van der Waals surface area contributed by atoms with Crippen molar-refractivity contribution in [3.63, 3.8) is 0 Å². The zero-order valence-electron chi connectivity index (χ0n) is 15.8. The largest absolute Gasteiger partial charge is 0.489 e. The molecule has 0 aliphatic carbocycles. The monoisotopic (exact) mass is 425 g/mol. The van der Waals surface area contributed by atoms with Crippen LogP contribution in [0.1, 0.15) is 17.0 Å². The maximum Gasteiger partial charge on any atom is 0.119 e. The van der Waals surface area contributed by atoms with E-state index in [2.05, 4.69) is 27.4 Å². The number of fused-ring (bicyclic) bond motifs is 1. The maximum atomic E-state index is 6.18. The molecule has 0 amide bonds. The van der Waals surface area contributed by atoms with Gasteiger partial charge in [-0.2, -0.15) is 0 Å². The number of ether oxygens (including phenoxy) is 1. The summed E-state index contributed by atoms with van der Waals surface area (Å²) >= 11 is 12.4. The van der Waals surface area contributed by atoms with E-state index < -0.39 is 0 Å². The fraction of sp³-hybridized carbons (Fsp3) is 0.174. The number of nitrogens with zero attached hydrogens (tertiary/aromatic N) is 1. The molecule has 0 aliphatic heterocycles. The van der Waals surface area contributed by atoms with Crippen molar-refractivity contribution in [2.24, 2.45) is 0 Å². The van der Waals surface area contributed by atoms with E-state index in [9.17, 15) is 0 Å². The van der Waals surface area contributed by atoms with E-state index in [1.165, 1.54) is 5.56 Å². The lowest BCUT2D eigenvalue weighted by molar-refractivity contribution is 0.306. The lowest BCUT2D eigenvalue weighted by Crippen LogP contribution is -2.17. The van der Waals surface area contributed by atoms with Crippen molar-refractivity contribution in [2.45, 2.75) is 19.6 Å². The SMILES string of the molecule is Clc1cccc(Cl)c1COc1ccc(CNCCc2nc3ccccc3[nH]2)cc1. The summed E-state index contributed by atoms with van der Waals surface area (Å²) in [6.07, 6.45) is 0.856. The molecule has 0 spiro atoms. The van der Waals surface area contributed by atoms with Crippen molar-refractivity contribution in [3.8, 4) is 5.75 Å². The van der Waals surface area contributed by atoms with Crippen LogP contribution in [0.25, 0.3) is 11.0 Å². The van der Waals surface area contributed by atoms with Gasteiger partial charge < -0.3 is 15.0 Å². The summed E-state index contributed by atoms with van der Waals surface area (Å²) in [5.41, 5.74) is 4.08. The van der Waals surface area contributed by atoms with Gasteiger partial charge in [-0.3, -0.25) is 0 Å². The highest BCUT2D eigenvalue weighted by Crippen LogP contribution is 2.26. The van der Waals surface area contributed by atoms with Gasteiger partial charge in [0.2, 0.25) is 0 Å². The Bertz CT molecular complexity index is 1040. The van der Waals surface area contributed by atoms with Gasteiger partial charge in [0.15, 0.2) is 0 Å². The Morgan fingerprint density at radius 3 is 2.41 bits per heavy atom. The number of aromatic nitrogens is 2. The van der Waals surface area contributed by atoms with Crippen LogP contribution in [-0.2, 0) is 19.6 Å². The molecule has 1 aromatic heterocycles. The molecule has 1 heterocycles. The number of H-pyrrole nitrogens is 1. The summed E-state index contributed by atoms with van der Waals surface area (Å²) in [4.78, 5) is 7.95. The lowest BCUT2D eigenvalue weighted by Gasteiger charge is -2.10. The Labute approximate surface area is 179 Å². The molecule has 3 aromatic carbocycles. The molecule has 4 aromatic rings. The van der Waals surface area contributed by atoms with Crippen LogP contribution in [0.3, 0.4) is 0 Å². The zero-order chi connectivity index (χ0) is 20.1. The van der Waals surface area contributed by atoms with Crippen LogP contribution in [0.4, 0.5) is 0 Å². The average molecular weight is 426 g/mol. The molecule has 2 N–H and O–H groups in total. The van der Waals surface area contributed by atoms with Gasteiger partial charge in [-0.1, -0.05) is 53.5 Å². The third kappa shape index (κ3) is 5.10. The number of rotatable bonds is 8. The molecule has 6 heteroatoms. The van der Waals surface area contributed by atoms with Gasteiger partial charge in [-0.05, 0) is 42.0 Å². The molecule has 0 fully saturated rings. The number of hydrogen-bond acceptors (Lipinski definition) is 3. The van der Waals surface area contributed by atoms with Crippen molar-refractivity contribution in [1.82, 2.24) is 15.3 Å². The molecule has 148 valence electrons. The molecule has 4 nitrogen and oxygen atoms in total. The van der Waals surface area contributed by atoms with Gasteiger partial charge in [-0.25, -0.2) is 4.98 Å². The molecular formula is C23H21Cl2N3O. The van der Waals surface area contributed by atoms with Gasteiger partial charge in [0.25, 0.3) is 0 Å². The Kier molecular flexibility index (Phi) is 6.35. The molecule has 0 atom stereocenters. The standard InChI is InChI=1S/C23H21Cl2N3O/c24-19-4-3-5-20(25)18(19)15-29-17-10-8-16(9-11-17)14-26-13-12-23-27-21-6-1-2-7-22(21)28-23/h1-11,26H,12-15H2,(H,27,28). The molecular weight excluding hydrogens is 405 g/mol. The minimum absolute atomic E-state index is 0.341. The van der Waals surface area contributed by atoms with E-state index in [-0.39, 0.29) is 0 Å². The quantitative estimate of drug-likeness (QED) is 0.351. The smallest absolute Gasteiger partial charge is 0.119 e. The summed E-state index contributed by atoms with van der Waals surface area (Å²) < 4.78 is 5.82. The summed E-state index contributed by atoms with van der Waals surface area (Å²) in [6.45, 7) is 1.98. The van der Waals surface area contributed by atoms with Gasteiger partial charge in [0.05, 0.1) is 11.0 Å². The Morgan fingerprint density at radius 2 is 1.66 bits per heavy atom. The van der Waals surface area contributed by atoms with Crippen molar-refractivity contribution >= 4 is 34.2 Å². The number of nitrogens with one attached hydrogen (secondary N) is 2. The van der Waals surface area contributed by atoms with Crippen LogP contribution < -0.4 is 10.1 Å². The fourth-order valence-electron chi connectivity index (χ4n) is 3.09. The van der Waals surface area contributed by atoms with E-state index in [1.807, 2.05) is 54.6 Å². The minimum Gasteiger partial charge on any atom is -0.489 e. The van der Waals surface area contributed by atoms with Gasteiger partial charge in [-0.15, -0.1) is 0 Å². The number of hydrogen-bond donors (Lipinski definition) is 2. The molecule has 0 bridgehead atoms. The van der Waals surface area contributed by atoms with Crippen molar-refractivity contribution in [2.75, 3.05) is 6.54 Å². The first kappa shape index (κ1) is 19.8. The van der Waals surface area contributed by atoms with Gasteiger partial charge in [0.1, 0.15) is 18.2 Å². The van der Waals surface area contributed by atoms with Gasteiger partial charge >= 0.3 is 0 Å². The van der Waals surface area contributed by atoms with Crippen LogP contribution >= 0.6 is 23.2 Å². The number of imidazole rings is 1. The topological polar surface area (TPSA) is 49.9 Å². The molecule has 0 saturated carbocycles. The summed E-state index contributed by atoms with van der Waals surface area (Å²) in [6, 6.07) is 21.6. The molecule has 0 radical (unpaired) electrons. The first-order valence-corrected chi connectivity index (χ1v) is 10.2. The number of halogens is 2. The second kappa shape index (κ2) is 9.31.